The van der Waals surface area contributed by atoms with E-state index in [1.807, 2.05) is 298 Å². The van der Waals surface area contributed by atoms with Crippen molar-refractivity contribution in [2.24, 2.45) is 5.41 Å². The molecule has 0 aliphatic rings. The Balaban J connectivity index is 0.000000161. The number of aromatic nitrogens is 8. The Morgan fingerprint density at radius 3 is 0.805 bits per heavy atom. The fraction of sp³-hybridized carbons (Fsp3) is 0.0949. The molecule has 0 N–H and O–H groups in total. The Morgan fingerprint density at radius 2 is 0.483 bits per heavy atom. The van der Waals surface area contributed by atoms with Gasteiger partial charge in [-0.3, -0.25) is 0 Å². The van der Waals surface area contributed by atoms with Crippen molar-refractivity contribution < 1.29 is 80.4 Å². The third kappa shape index (κ3) is 38.3. The minimum Gasteiger partial charge on any atom is -0.305 e. The molecule has 22 aromatic rings. The van der Waals surface area contributed by atoms with Crippen LogP contribution in [0.2, 0.25) is 0 Å². The minimum atomic E-state index is 0. The molecule has 14 aromatic carbocycles. The molecule has 0 spiro atoms. The normalized spacial score (nSPS) is 10.2. The van der Waals surface area contributed by atoms with E-state index in [1.165, 1.54) is 77.9 Å². The fourth-order valence-corrected chi connectivity index (χ4v) is 16.0. The van der Waals surface area contributed by atoms with E-state index >= 15 is 0 Å². The van der Waals surface area contributed by atoms with E-state index in [0.29, 0.717) is 11.3 Å². The van der Waals surface area contributed by atoms with Crippen molar-refractivity contribution in [2.45, 2.75) is 79.1 Å². The molecular weight excluding hydrogens is 2530 g/mol. The average molecular weight is 2640 g/mol. The van der Waals surface area contributed by atoms with E-state index < -0.39 is 0 Å². The predicted molar refractivity (Wildman–Crippen MR) is 597 cm³/mol. The predicted octanol–water partition coefficient (Wildman–Crippen LogP) is 32.7. The first-order valence-corrected chi connectivity index (χ1v) is 49.0. The maximum atomic E-state index is 4.51. The van der Waals surface area contributed by atoms with Gasteiger partial charge in [0, 0.05) is 130 Å². The van der Waals surface area contributed by atoms with Crippen LogP contribution in [-0.4, -0.2) is 39.9 Å². The van der Waals surface area contributed by atoms with Crippen LogP contribution in [0.4, 0.5) is 0 Å². The number of hydrogen-bond donors (Lipinski definition) is 0. The molecule has 0 saturated heterocycles. The molecule has 746 valence electrons. The number of hydrogen-bond acceptors (Lipinski definition) is 8. The van der Waals surface area contributed by atoms with Gasteiger partial charge in [-0.05, 0) is 187 Å². The molecule has 0 unspecified atom stereocenters. The standard InChI is InChI=1S/5C18H14N.C17H12N.C16H18N.C14H14N.4Ir/c2*1-3-8-15(9-4-1)14-17-12-7-13-19-18(17)16-10-5-2-6-11-16;1-3-7-15(8-4-1)13-16-11-12-19-18(14-16)17-9-5-2-6-10-17;2*1-3-7-15(8-4-1)13-16-11-12-18(19-14-16)17-9-5-2-6-10-17;1-3-7-14(8-4-1)16-11-12-18-17(13-16)15-9-5-2-6-10-15;1-16(2,3)12-13-9-10-17-15(11-13)14-7-5-4-6-8-14;1-11(2)13-8-9-15-14(10-13)12-6-4-3-5-7-12;;;;/h2*1-10,12-13H,14H2;3*1-9,11-12,14H,13H2;1-9,11-13H;4-7,9-11H,12H2,1-3H3;3-6,8-11H,1-2H3;;;;/q8*-1;;;;. The van der Waals surface area contributed by atoms with Crippen LogP contribution in [-0.2, 0) is 119 Å². The van der Waals surface area contributed by atoms with E-state index in [0.717, 1.165) is 129 Å². The maximum Gasteiger partial charge on any atom is 0.0196 e. The number of nitrogens with zero attached hydrogens (tertiary/aromatic N) is 8. The Bertz CT molecular complexity index is 7160. The summed E-state index contributed by atoms with van der Waals surface area (Å²) in [4.78, 5) is 35.6. The topological polar surface area (TPSA) is 103 Å². The molecule has 0 aliphatic carbocycles. The van der Waals surface area contributed by atoms with Crippen molar-refractivity contribution in [3.05, 3.63) is 638 Å². The first-order valence-electron chi connectivity index (χ1n) is 49.0. The summed E-state index contributed by atoms with van der Waals surface area (Å²) in [5.74, 6) is 0.537. The summed E-state index contributed by atoms with van der Waals surface area (Å²) in [6, 6.07) is 185. The summed E-state index contributed by atoms with van der Waals surface area (Å²) in [6.45, 7) is 11.1. The van der Waals surface area contributed by atoms with Gasteiger partial charge in [-0.2, -0.15) is 0 Å². The summed E-state index contributed by atoms with van der Waals surface area (Å²) >= 11 is 0. The van der Waals surface area contributed by atoms with Gasteiger partial charge in [0.25, 0.3) is 0 Å². The molecular formula is C137H114Ir4N8-8. The quantitative estimate of drug-likeness (QED) is 0.0656. The molecule has 12 heteroatoms. The SMILES string of the molecule is CC(C)(C)Cc1ccnc(-c2[c-]cccc2)c1.CC(C)c1ccnc(-c2[c-]cccc2)c1.[Ir].[Ir].[Ir].[Ir].[c-]1ccccc1-c1cc(-c2ccccc2)ccn1.[c-]1ccccc1-c1cc(Cc2ccccc2)ccn1.[c-]1ccccc1-c1ccc(Cc2ccccc2)cn1.[c-]1ccccc1-c1ccc(Cc2ccccc2)cn1.[c-]1ccccc1-c1ncccc1Cc1ccccc1.[c-]1ccccc1-c1ncccc1Cc1ccccc1. The molecule has 0 bridgehead atoms. The molecule has 8 aromatic heterocycles. The molecule has 0 aliphatic heterocycles. The van der Waals surface area contributed by atoms with Gasteiger partial charge >= 0.3 is 0 Å². The van der Waals surface area contributed by atoms with Crippen molar-refractivity contribution >= 4 is 0 Å². The second-order valence-electron chi connectivity index (χ2n) is 35.9. The molecule has 0 atom stereocenters. The molecule has 0 fully saturated rings. The molecule has 8 nitrogen and oxygen atoms in total. The van der Waals surface area contributed by atoms with Crippen LogP contribution in [0.5, 0.6) is 0 Å². The molecule has 22 rings (SSSR count). The summed E-state index contributed by atoms with van der Waals surface area (Å²) in [6.07, 6.45) is 20.7. The van der Waals surface area contributed by atoms with Gasteiger partial charge in [0.05, 0.1) is 0 Å². The largest absolute Gasteiger partial charge is 0.305 e. The summed E-state index contributed by atoms with van der Waals surface area (Å²) in [5, 5.41) is 0. The maximum absolute atomic E-state index is 4.51. The van der Waals surface area contributed by atoms with E-state index in [4.69, 9.17) is 0 Å². The van der Waals surface area contributed by atoms with Crippen LogP contribution in [0.3, 0.4) is 0 Å². The van der Waals surface area contributed by atoms with Gasteiger partial charge in [-0.1, -0.05) is 300 Å². The van der Waals surface area contributed by atoms with Gasteiger partial charge in [0.15, 0.2) is 0 Å². The Labute approximate surface area is 935 Å². The smallest absolute Gasteiger partial charge is 0.0196 e. The van der Waals surface area contributed by atoms with E-state index in [9.17, 15) is 0 Å². The van der Waals surface area contributed by atoms with E-state index in [2.05, 4.69) is 347 Å². The first kappa shape index (κ1) is 114. The van der Waals surface area contributed by atoms with Crippen molar-refractivity contribution in [1.82, 2.24) is 39.9 Å². The third-order valence-corrected chi connectivity index (χ3v) is 23.2. The number of pyridine rings is 8. The number of benzene rings is 14. The zero-order valence-electron chi connectivity index (χ0n) is 83.9. The van der Waals surface area contributed by atoms with Crippen molar-refractivity contribution in [1.29, 1.82) is 0 Å². The Morgan fingerprint density at radius 1 is 0.201 bits per heavy atom. The van der Waals surface area contributed by atoms with Crippen LogP contribution in [0.1, 0.15) is 107 Å². The van der Waals surface area contributed by atoms with Crippen LogP contribution in [0, 0.1) is 53.9 Å². The average Bonchev–Trinajstić information content (AvgIpc) is 0.878. The van der Waals surface area contributed by atoms with Crippen LogP contribution < -0.4 is 0 Å². The zero-order valence-corrected chi connectivity index (χ0v) is 93.5. The molecule has 4 radical (unpaired) electrons. The van der Waals surface area contributed by atoms with Crippen LogP contribution in [0.25, 0.3) is 101 Å². The molecule has 0 amide bonds. The summed E-state index contributed by atoms with van der Waals surface area (Å²) in [7, 11) is 0. The van der Waals surface area contributed by atoms with Crippen LogP contribution >= 0.6 is 0 Å². The third-order valence-electron chi connectivity index (χ3n) is 23.2. The second-order valence-corrected chi connectivity index (χ2v) is 35.9. The Hall–Kier alpha value is -15.1. The Kier molecular flexibility index (Phi) is 48.1. The fourth-order valence-electron chi connectivity index (χ4n) is 16.0. The minimum absolute atomic E-state index is 0. The van der Waals surface area contributed by atoms with Gasteiger partial charge in [-0.15, -0.1) is 287 Å². The molecule has 8 heterocycles. The second kappa shape index (κ2) is 62.8. The monoisotopic (exact) mass is 2640 g/mol. The van der Waals surface area contributed by atoms with Crippen molar-refractivity contribution in [2.75, 3.05) is 0 Å². The van der Waals surface area contributed by atoms with E-state index in [-0.39, 0.29) is 80.4 Å². The number of rotatable bonds is 21. The van der Waals surface area contributed by atoms with Gasteiger partial charge in [-0.25, -0.2) is 0 Å². The van der Waals surface area contributed by atoms with Crippen LogP contribution in [0.15, 0.2) is 523 Å². The van der Waals surface area contributed by atoms with Gasteiger partial charge in [0.1, 0.15) is 0 Å². The van der Waals surface area contributed by atoms with Crippen molar-refractivity contribution in [3.8, 4) is 101 Å². The van der Waals surface area contributed by atoms with Gasteiger partial charge in [0.2, 0.25) is 0 Å². The molecule has 0 saturated carbocycles. The molecule has 149 heavy (non-hydrogen) atoms. The first-order chi connectivity index (χ1) is 71.4. The van der Waals surface area contributed by atoms with Gasteiger partial charge < -0.3 is 39.9 Å². The zero-order chi connectivity index (χ0) is 99.8. The summed E-state index contributed by atoms with van der Waals surface area (Å²) in [5.41, 5.74) is 34.3. The van der Waals surface area contributed by atoms with Crippen molar-refractivity contribution in [3.63, 3.8) is 0 Å². The van der Waals surface area contributed by atoms with E-state index in [1.54, 1.807) is 0 Å². The summed E-state index contributed by atoms with van der Waals surface area (Å²) < 4.78 is 0.